The molecule has 4 nitrogen and oxygen atoms in total. The Morgan fingerprint density at radius 1 is 1.09 bits per heavy atom. The van der Waals surface area contributed by atoms with E-state index in [1.54, 1.807) is 35.2 Å². The summed E-state index contributed by atoms with van der Waals surface area (Å²) in [6, 6.07) is 16.0. The van der Waals surface area contributed by atoms with E-state index in [2.05, 4.69) is 5.32 Å². The van der Waals surface area contributed by atoms with Crippen molar-refractivity contribution in [2.45, 2.75) is 6.92 Å². The van der Waals surface area contributed by atoms with Crippen molar-refractivity contribution in [1.29, 1.82) is 0 Å². The quantitative estimate of drug-likeness (QED) is 0.921. The monoisotopic (exact) mass is 316 g/mol. The molecule has 0 radical (unpaired) electrons. The third-order valence-electron chi connectivity index (χ3n) is 3.16. The van der Waals surface area contributed by atoms with Gasteiger partial charge in [-0.3, -0.25) is 9.59 Å². The van der Waals surface area contributed by atoms with Gasteiger partial charge in [-0.2, -0.15) is 0 Å². The number of carbonyl (C=O) groups excluding carboxylic acids is 2. The van der Waals surface area contributed by atoms with E-state index in [0.29, 0.717) is 29.4 Å². The molecule has 0 heterocycles. The zero-order chi connectivity index (χ0) is 15.9. The molecule has 5 heteroatoms. The van der Waals surface area contributed by atoms with Crippen molar-refractivity contribution in [3.05, 3.63) is 65.2 Å². The number of amides is 2. The lowest BCUT2D eigenvalue weighted by molar-refractivity contribution is -0.116. The molecule has 114 valence electrons. The zero-order valence-electron chi connectivity index (χ0n) is 12.3. The molecule has 0 aliphatic rings. The van der Waals surface area contributed by atoms with Gasteiger partial charge in [-0.25, -0.2) is 0 Å². The Labute approximate surface area is 134 Å². The van der Waals surface area contributed by atoms with Crippen LogP contribution in [-0.2, 0) is 4.79 Å². The van der Waals surface area contributed by atoms with Crippen LogP contribution in [0.15, 0.2) is 54.6 Å². The van der Waals surface area contributed by atoms with E-state index in [4.69, 9.17) is 11.6 Å². The van der Waals surface area contributed by atoms with Crippen LogP contribution in [0.2, 0.25) is 5.02 Å². The zero-order valence-corrected chi connectivity index (χ0v) is 13.0. The third-order valence-corrected chi connectivity index (χ3v) is 3.39. The SMILES string of the molecule is CC(=O)N(CCNC(=O)c1ccccc1)c1cccc(Cl)c1. The minimum Gasteiger partial charge on any atom is -0.350 e. The Morgan fingerprint density at radius 3 is 2.45 bits per heavy atom. The van der Waals surface area contributed by atoms with E-state index in [9.17, 15) is 9.59 Å². The lowest BCUT2D eigenvalue weighted by atomic mass is 10.2. The van der Waals surface area contributed by atoms with E-state index in [0.717, 1.165) is 0 Å². The van der Waals surface area contributed by atoms with Gasteiger partial charge in [0.2, 0.25) is 5.91 Å². The molecule has 0 fully saturated rings. The Hall–Kier alpha value is -2.33. The summed E-state index contributed by atoms with van der Waals surface area (Å²) in [5, 5.41) is 3.37. The van der Waals surface area contributed by atoms with Crippen LogP contribution in [0.5, 0.6) is 0 Å². The first-order valence-electron chi connectivity index (χ1n) is 6.95. The van der Waals surface area contributed by atoms with E-state index in [1.807, 2.05) is 24.3 Å². The molecule has 2 aromatic rings. The third kappa shape index (κ3) is 4.33. The topological polar surface area (TPSA) is 49.4 Å². The molecule has 0 saturated heterocycles. The van der Waals surface area contributed by atoms with Gasteiger partial charge >= 0.3 is 0 Å². The molecule has 0 saturated carbocycles. The first-order valence-corrected chi connectivity index (χ1v) is 7.32. The van der Waals surface area contributed by atoms with Gasteiger partial charge in [0, 0.05) is 36.3 Å². The maximum atomic E-state index is 12.0. The Bertz CT molecular complexity index is 659. The molecule has 0 aromatic heterocycles. The molecule has 22 heavy (non-hydrogen) atoms. The Morgan fingerprint density at radius 2 is 1.82 bits per heavy atom. The molecule has 0 bridgehead atoms. The van der Waals surface area contributed by atoms with Gasteiger partial charge in [-0.15, -0.1) is 0 Å². The smallest absolute Gasteiger partial charge is 0.251 e. The summed E-state index contributed by atoms with van der Waals surface area (Å²) in [5.41, 5.74) is 1.31. The van der Waals surface area contributed by atoms with Crippen molar-refractivity contribution in [2.75, 3.05) is 18.0 Å². The number of hydrogen-bond acceptors (Lipinski definition) is 2. The van der Waals surface area contributed by atoms with Gasteiger partial charge in [0.05, 0.1) is 0 Å². The van der Waals surface area contributed by atoms with Crippen LogP contribution in [0.1, 0.15) is 17.3 Å². The molecule has 2 aromatic carbocycles. The minimum absolute atomic E-state index is 0.101. The maximum Gasteiger partial charge on any atom is 0.251 e. The van der Waals surface area contributed by atoms with E-state index < -0.39 is 0 Å². The molecule has 2 amide bonds. The summed E-state index contributed by atoms with van der Waals surface area (Å²) in [6.07, 6.45) is 0. The molecule has 0 spiro atoms. The van der Waals surface area contributed by atoms with Crippen molar-refractivity contribution >= 4 is 29.1 Å². The first kappa shape index (κ1) is 16.0. The number of rotatable bonds is 5. The highest BCUT2D eigenvalue weighted by Gasteiger charge is 2.12. The second kappa shape index (κ2) is 7.61. The lowest BCUT2D eigenvalue weighted by Crippen LogP contribution is -2.37. The summed E-state index contributed by atoms with van der Waals surface area (Å²) in [5.74, 6) is -0.258. The highest BCUT2D eigenvalue weighted by molar-refractivity contribution is 6.30. The second-order valence-corrected chi connectivity index (χ2v) is 5.21. The van der Waals surface area contributed by atoms with Crippen molar-refractivity contribution < 1.29 is 9.59 Å². The number of nitrogens with zero attached hydrogens (tertiary/aromatic N) is 1. The largest absolute Gasteiger partial charge is 0.350 e. The number of nitrogens with one attached hydrogen (secondary N) is 1. The van der Waals surface area contributed by atoms with Crippen LogP contribution in [-0.4, -0.2) is 24.9 Å². The van der Waals surface area contributed by atoms with E-state index >= 15 is 0 Å². The van der Waals surface area contributed by atoms with Crippen LogP contribution in [0.4, 0.5) is 5.69 Å². The van der Waals surface area contributed by atoms with Crippen LogP contribution in [0.3, 0.4) is 0 Å². The highest BCUT2D eigenvalue weighted by atomic mass is 35.5. The molecule has 0 aliphatic heterocycles. The van der Waals surface area contributed by atoms with Crippen molar-refractivity contribution in [2.24, 2.45) is 0 Å². The van der Waals surface area contributed by atoms with E-state index in [1.165, 1.54) is 6.92 Å². The maximum absolute atomic E-state index is 12.0. The molecular formula is C17H17ClN2O2. The predicted molar refractivity (Wildman–Crippen MR) is 88.3 cm³/mol. The average molecular weight is 317 g/mol. The number of benzene rings is 2. The summed E-state index contributed by atoms with van der Waals surface area (Å²) < 4.78 is 0. The average Bonchev–Trinajstić information content (AvgIpc) is 2.51. The highest BCUT2D eigenvalue weighted by Crippen LogP contribution is 2.19. The molecule has 0 atom stereocenters. The van der Waals surface area contributed by atoms with Crippen LogP contribution in [0.25, 0.3) is 0 Å². The summed E-state index contributed by atoms with van der Waals surface area (Å²) in [6.45, 7) is 2.23. The number of carbonyl (C=O) groups is 2. The summed E-state index contributed by atoms with van der Waals surface area (Å²) in [4.78, 5) is 25.3. The van der Waals surface area contributed by atoms with Crippen molar-refractivity contribution in [1.82, 2.24) is 5.32 Å². The fourth-order valence-corrected chi connectivity index (χ4v) is 2.27. The normalized spacial score (nSPS) is 10.1. The van der Waals surface area contributed by atoms with Gasteiger partial charge in [-0.1, -0.05) is 35.9 Å². The summed E-state index contributed by atoms with van der Waals surface area (Å²) in [7, 11) is 0. The van der Waals surface area contributed by atoms with Gasteiger partial charge in [0.25, 0.3) is 5.91 Å². The van der Waals surface area contributed by atoms with Gasteiger partial charge in [0.1, 0.15) is 0 Å². The van der Waals surface area contributed by atoms with Crippen molar-refractivity contribution in [3.8, 4) is 0 Å². The van der Waals surface area contributed by atoms with Crippen molar-refractivity contribution in [3.63, 3.8) is 0 Å². The second-order valence-electron chi connectivity index (χ2n) is 4.77. The Kier molecular flexibility index (Phi) is 5.55. The fourth-order valence-electron chi connectivity index (χ4n) is 2.09. The molecule has 1 N–H and O–H groups in total. The molecule has 2 rings (SSSR count). The van der Waals surface area contributed by atoms with Gasteiger partial charge in [0.15, 0.2) is 0 Å². The van der Waals surface area contributed by atoms with Crippen LogP contribution in [0, 0.1) is 0 Å². The standard InChI is InChI=1S/C17H17ClN2O2/c1-13(21)20(16-9-5-8-15(18)12-16)11-10-19-17(22)14-6-3-2-4-7-14/h2-9,12H,10-11H2,1H3,(H,19,22). The van der Waals surface area contributed by atoms with Crippen LogP contribution < -0.4 is 10.2 Å². The number of hydrogen-bond donors (Lipinski definition) is 1. The van der Waals surface area contributed by atoms with Gasteiger partial charge < -0.3 is 10.2 Å². The first-order chi connectivity index (χ1) is 10.6. The molecular weight excluding hydrogens is 300 g/mol. The lowest BCUT2D eigenvalue weighted by Gasteiger charge is -2.21. The number of halogens is 1. The summed E-state index contributed by atoms with van der Waals surface area (Å²) >= 11 is 5.95. The van der Waals surface area contributed by atoms with E-state index in [-0.39, 0.29) is 11.8 Å². The number of anilines is 1. The van der Waals surface area contributed by atoms with Crippen LogP contribution >= 0.6 is 11.6 Å². The fraction of sp³-hybridized carbons (Fsp3) is 0.176. The Balaban J connectivity index is 1.96. The predicted octanol–water partition coefficient (Wildman–Crippen LogP) is 3.12. The minimum atomic E-state index is -0.157. The molecule has 0 unspecified atom stereocenters. The van der Waals surface area contributed by atoms with Gasteiger partial charge in [-0.05, 0) is 30.3 Å². The molecule has 0 aliphatic carbocycles.